The molecule has 1 fully saturated rings. The van der Waals surface area contributed by atoms with Crippen LogP contribution in [0.5, 0.6) is 0 Å². The van der Waals surface area contributed by atoms with Crippen molar-refractivity contribution in [3.63, 3.8) is 0 Å². The van der Waals surface area contributed by atoms with Gasteiger partial charge in [-0.15, -0.1) is 0 Å². The lowest BCUT2D eigenvalue weighted by atomic mass is 10.1. The van der Waals surface area contributed by atoms with Crippen LogP contribution in [0.1, 0.15) is 23.7 Å². The molecule has 2 atom stereocenters. The number of Topliss-reactive ketones (excluding diaryl/α,β-unsaturated/α-hetero) is 1. The fourth-order valence-electron chi connectivity index (χ4n) is 1.77. The first-order chi connectivity index (χ1) is 8.72. The highest BCUT2D eigenvalue weighted by Crippen LogP contribution is 2.33. The minimum absolute atomic E-state index is 0.189. The van der Waals surface area contributed by atoms with E-state index in [1.165, 1.54) is 0 Å². The van der Waals surface area contributed by atoms with Gasteiger partial charge in [-0.1, -0.05) is 30.3 Å². The molecule has 1 aromatic rings. The van der Waals surface area contributed by atoms with Gasteiger partial charge in [-0.2, -0.15) is 0 Å². The normalized spacial score (nSPS) is 21.4. The summed E-state index contributed by atoms with van der Waals surface area (Å²) in [5.74, 6) is -1.13. The summed E-state index contributed by atoms with van der Waals surface area (Å²) in [5.41, 5.74) is 0.361. The highest BCUT2D eigenvalue weighted by Gasteiger charge is 2.39. The molecule has 0 amide bonds. The van der Waals surface area contributed by atoms with E-state index in [4.69, 9.17) is 9.47 Å². The van der Waals surface area contributed by atoms with E-state index in [1.807, 2.05) is 6.92 Å². The van der Waals surface area contributed by atoms with Gasteiger partial charge in [0.1, 0.15) is 0 Å². The van der Waals surface area contributed by atoms with Crippen molar-refractivity contribution >= 4 is 11.8 Å². The Hall–Kier alpha value is -1.68. The van der Waals surface area contributed by atoms with Crippen molar-refractivity contribution in [3.8, 4) is 0 Å². The maximum Gasteiger partial charge on any atom is 0.379 e. The third kappa shape index (κ3) is 3.17. The molecule has 4 heteroatoms. The van der Waals surface area contributed by atoms with E-state index in [0.717, 1.165) is 6.42 Å². The summed E-state index contributed by atoms with van der Waals surface area (Å²) in [4.78, 5) is 23.2. The van der Waals surface area contributed by atoms with E-state index in [2.05, 4.69) is 0 Å². The third-order valence-corrected chi connectivity index (χ3v) is 2.89. The summed E-state index contributed by atoms with van der Waals surface area (Å²) in [6, 6.07) is 8.42. The van der Waals surface area contributed by atoms with Gasteiger partial charge < -0.3 is 9.47 Å². The van der Waals surface area contributed by atoms with E-state index in [-0.39, 0.29) is 18.6 Å². The zero-order chi connectivity index (χ0) is 13.0. The molecule has 1 saturated carbocycles. The summed E-state index contributed by atoms with van der Waals surface area (Å²) in [6.07, 6.45) is 1.09. The molecule has 0 aliphatic heterocycles. The lowest BCUT2D eigenvalue weighted by Crippen LogP contribution is -2.19. The van der Waals surface area contributed by atoms with Gasteiger partial charge in [0.05, 0.1) is 12.7 Å². The minimum atomic E-state index is -0.789. The molecule has 0 heterocycles. The Balaban J connectivity index is 1.77. The van der Waals surface area contributed by atoms with Crippen LogP contribution in [0.25, 0.3) is 0 Å². The topological polar surface area (TPSA) is 52.6 Å². The third-order valence-electron chi connectivity index (χ3n) is 2.89. The standard InChI is InChI=1S/C14H16O4/c1-2-17-12-8-11(12)9-18-14(16)13(15)10-6-4-3-5-7-10/h3-7,11-12H,2,8-9H2,1H3/t11-,12-/m0/s1. The Morgan fingerprint density at radius 1 is 1.28 bits per heavy atom. The summed E-state index contributed by atoms with van der Waals surface area (Å²) in [5, 5.41) is 0. The number of hydrogen-bond acceptors (Lipinski definition) is 4. The van der Waals surface area contributed by atoms with Crippen molar-refractivity contribution < 1.29 is 19.1 Å². The SMILES string of the molecule is CCO[C@H]1C[C@H]1COC(=O)C(=O)c1ccccc1. The van der Waals surface area contributed by atoms with Gasteiger partial charge in [0.2, 0.25) is 0 Å². The molecule has 1 aliphatic rings. The number of carbonyl (C=O) groups is 2. The van der Waals surface area contributed by atoms with Crippen molar-refractivity contribution in [3.05, 3.63) is 35.9 Å². The summed E-state index contributed by atoms with van der Waals surface area (Å²) in [7, 11) is 0. The molecule has 96 valence electrons. The second kappa shape index (κ2) is 5.78. The quantitative estimate of drug-likeness (QED) is 0.438. The zero-order valence-electron chi connectivity index (χ0n) is 10.3. The molecule has 0 bridgehead atoms. The van der Waals surface area contributed by atoms with Gasteiger partial charge in [-0.05, 0) is 13.3 Å². The van der Waals surface area contributed by atoms with E-state index in [1.54, 1.807) is 30.3 Å². The van der Waals surface area contributed by atoms with Crippen LogP contribution in [0.15, 0.2) is 30.3 Å². The van der Waals surface area contributed by atoms with Crippen LogP contribution in [0, 0.1) is 5.92 Å². The summed E-state index contributed by atoms with van der Waals surface area (Å²) >= 11 is 0. The molecule has 1 aliphatic carbocycles. The Bertz CT molecular complexity index is 427. The van der Waals surface area contributed by atoms with Crippen LogP contribution in [0.4, 0.5) is 0 Å². The lowest BCUT2D eigenvalue weighted by molar-refractivity contribution is -0.138. The molecule has 0 unspecified atom stereocenters. The van der Waals surface area contributed by atoms with Crippen LogP contribution in [0.3, 0.4) is 0 Å². The average molecular weight is 248 g/mol. The van der Waals surface area contributed by atoms with Crippen LogP contribution < -0.4 is 0 Å². The Kier molecular flexibility index (Phi) is 4.10. The predicted octanol–water partition coefficient (Wildman–Crippen LogP) is 1.84. The first kappa shape index (κ1) is 12.8. The molecular weight excluding hydrogens is 232 g/mol. The molecular formula is C14H16O4. The van der Waals surface area contributed by atoms with Crippen molar-refractivity contribution in [2.45, 2.75) is 19.4 Å². The molecule has 0 spiro atoms. The molecule has 1 aromatic carbocycles. The average Bonchev–Trinajstić information content (AvgIpc) is 3.15. The monoisotopic (exact) mass is 248 g/mol. The number of ether oxygens (including phenoxy) is 2. The molecule has 18 heavy (non-hydrogen) atoms. The first-order valence-corrected chi connectivity index (χ1v) is 6.10. The molecule has 0 N–H and O–H groups in total. The van der Waals surface area contributed by atoms with E-state index < -0.39 is 11.8 Å². The van der Waals surface area contributed by atoms with Crippen molar-refractivity contribution in [1.82, 2.24) is 0 Å². The van der Waals surface area contributed by atoms with E-state index in [0.29, 0.717) is 12.2 Å². The number of benzene rings is 1. The molecule has 0 saturated heterocycles. The van der Waals surface area contributed by atoms with Crippen molar-refractivity contribution in [2.24, 2.45) is 5.92 Å². The van der Waals surface area contributed by atoms with E-state index >= 15 is 0 Å². The van der Waals surface area contributed by atoms with E-state index in [9.17, 15) is 9.59 Å². The van der Waals surface area contributed by atoms with Crippen molar-refractivity contribution in [2.75, 3.05) is 13.2 Å². The number of rotatable bonds is 6. The fourth-order valence-corrected chi connectivity index (χ4v) is 1.77. The summed E-state index contributed by atoms with van der Waals surface area (Å²) in [6.45, 7) is 2.86. The number of carbonyl (C=O) groups excluding carboxylic acids is 2. The highest BCUT2D eigenvalue weighted by molar-refractivity contribution is 6.40. The second-order valence-corrected chi connectivity index (χ2v) is 4.28. The van der Waals surface area contributed by atoms with Crippen LogP contribution >= 0.6 is 0 Å². The smallest absolute Gasteiger partial charge is 0.379 e. The maximum atomic E-state index is 11.7. The van der Waals surface area contributed by atoms with Crippen LogP contribution in [-0.4, -0.2) is 31.1 Å². The molecule has 0 radical (unpaired) electrons. The first-order valence-electron chi connectivity index (χ1n) is 6.10. The number of esters is 1. The molecule has 0 aromatic heterocycles. The van der Waals surface area contributed by atoms with Gasteiger partial charge in [0.15, 0.2) is 0 Å². The zero-order valence-corrected chi connectivity index (χ0v) is 10.3. The van der Waals surface area contributed by atoms with Gasteiger partial charge in [-0.25, -0.2) is 4.79 Å². The Labute approximate surface area is 106 Å². The van der Waals surface area contributed by atoms with Crippen molar-refractivity contribution in [1.29, 1.82) is 0 Å². The predicted molar refractivity (Wildman–Crippen MR) is 65.3 cm³/mol. The lowest BCUT2D eigenvalue weighted by Gasteiger charge is -2.03. The molecule has 4 nitrogen and oxygen atoms in total. The molecule has 2 rings (SSSR count). The van der Waals surface area contributed by atoms with Gasteiger partial charge in [0.25, 0.3) is 5.78 Å². The minimum Gasteiger partial charge on any atom is -0.459 e. The van der Waals surface area contributed by atoms with Gasteiger partial charge in [0, 0.05) is 18.1 Å². The van der Waals surface area contributed by atoms with Crippen LogP contribution in [0.2, 0.25) is 0 Å². The second-order valence-electron chi connectivity index (χ2n) is 4.28. The maximum absolute atomic E-state index is 11.7. The van der Waals surface area contributed by atoms with Gasteiger partial charge in [-0.3, -0.25) is 4.79 Å². The highest BCUT2D eigenvalue weighted by atomic mass is 16.5. The number of hydrogen-bond donors (Lipinski definition) is 0. The Morgan fingerprint density at radius 3 is 2.67 bits per heavy atom. The number of ketones is 1. The fraction of sp³-hybridized carbons (Fsp3) is 0.429. The summed E-state index contributed by atoms with van der Waals surface area (Å²) < 4.78 is 10.4. The van der Waals surface area contributed by atoms with Gasteiger partial charge >= 0.3 is 5.97 Å². The van der Waals surface area contributed by atoms with Crippen LogP contribution in [-0.2, 0) is 14.3 Å². The largest absolute Gasteiger partial charge is 0.459 e. The Morgan fingerprint density at radius 2 is 2.00 bits per heavy atom.